The van der Waals surface area contributed by atoms with Gasteiger partial charge < -0.3 is 15.4 Å². The highest BCUT2D eigenvalue weighted by Gasteiger charge is 2.31. The van der Waals surface area contributed by atoms with Gasteiger partial charge in [-0.1, -0.05) is 24.3 Å². The van der Waals surface area contributed by atoms with Crippen LogP contribution >= 0.6 is 0 Å². The fourth-order valence-corrected chi connectivity index (χ4v) is 2.54. The molecule has 0 saturated heterocycles. The van der Waals surface area contributed by atoms with Crippen LogP contribution in [0.1, 0.15) is 22.8 Å². The summed E-state index contributed by atoms with van der Waals surface area (Å²) in [6.45, 7) is 3.02. The van der Waals surface area contributed by atoms with Gasteiger partial charge in [-0.15, -0.1) is 0 Å². The first-order chi connectivity index (χ1) is 9.72. The SMILES string of the molecule is CCOc1ccccc1N1Cc2cccc(N)c2C1=O. The van der Waals surface area contributed by atoms with Crippen LogP contribution in [0.5, 0.6) is 5.75 Å². The summed E-state index contributed by atoms with van der Waals surface area (Å²) in [5.41, 5.74) is 8.81. The molecular weight excluding hydrogens is 252 g/mol. The van der Waals surface area contributed by atoms with Crippen molar-refractivity contribution >= 4 is 17.3 Å². The fourth-order valence-electron chi connectivity index (χ4n) is 2.54. The summed E-state index contributed by atoms with van der Waals surface area (Å²) in [5.74, 6) is 0.653. The number of hydrogen-bond acceptors (Lipinski definition) is 3. The van der Waals surface area contributed by atoms with Crippen LogP contribution in [0.2, 0.25) is 0 Å². The maximum absolute atomic E-state index is 12.6. The Kier molecular flexibility index (Phi) is 3.06. The number of nitrogens with two attached hydrogens (primary N) is 1. The van der Waals surface area contributed by atoms with Gasteiger partial charge in [-0.2, -0.15) is 0 Å². The number of anilines is 2. The summed E-state index contributed by atoms with van der Waals surface area (Å²) in [7, 11) is 0. The Morgan fingerprint density at radius 3 is 2.75 bits per heavy atom. The molecule has 2 N–H and O–H groups in total. The van der Waals surface area contributed by atoms with Crippen molar-refractivity contribution in [1.29, 1.82) is 0 Å². The molecule has 1 amide bonds. The van der Waals surface area contributed by atoms with E-state index in [0.717, 1.165) is 17.0 Å². The van der Waals surface area contributed by atoms with Gasteiger partial charge in [0.05, 0.1) is 24.4 Å². The fraction of sp³-hybridized carbons (Fsp3) is 0.188. The van der Waals surface area contributed by atoms with Crippen molar-refractivity contribution in [2.24, 2.45) is 0 Å². The van der Waals surface area contributed by atoms with E-state index in [4.69, 9.17) is 10.5 Å². The average Bonchev–Trinajstić information content (AvgIpc) is 2.78. The normalized spacial score (nSPS) is 13.4. The molecule has 1 aliphatic heterocycles. The third-order valence-corrected chi connectivity index (χ3v) is 3.43. The molecule has 2 aromatic rings. The van der Waals surface area contributed by atoms with E-state index < -0.39 is 0 Å². The van der Waals surface area contributed by atoms with Crippen LogP contribution in [0.25, 0.3) is 0 Å². The standard InChI is InChI=1S/C16H16N2O2/c1-2-20-14-9-4-3-8-13(14)18-10-11-6-5-7-12(17)15(11)16(18)19/h3-9H,2,10,17H2,1H3. The van der Waals surface area contributed by atoms with Gasteiger partial charge in [-0.25, -0.2) is 0 Å². The molecule has 0 unspecified atom stereocenters. The maximum atomic E-state index is 12.6. The largest absolute Gasteiger partial charge is 0.492 e. The molecule has 0 saturated carbocycles. The van der Waals surface area contributed by atoms with Gasteiger partial charge in [0.1, 0.15) is 5.75 Å². The molecule has 20 heavy (non-hydrogen) atoms. The quantitative estimate of drug-likeness (QED) is 0.871. The zero-order chi connectivity index (χ0) is 14.1. The van der Waals surface area contributed by atoms with Crippen LogP contribution in [0.15, 0.2) is 42.5 Å². The molecule has 1 aliphatic rings. The minimum absolute atomic E-state index is 0.0646. The van der Waals surface area contributed by atoms with Gasteiger partial charge in [-0.05, 0) is 30.7 Å². The van der Waals surface area contributed by atoms with E-state index in [1.54, 1.807) is 11.0 Å². The first kappa shape index (κ1) is 12.5. The number of carbonyl (C=O) groups excluding carboxylic acids is 1. The molecule has 0 bridgehead atoms. The van der Waals surface area contributed by atoms with Crippen molar-refractivity contribution in [3.8, 4) is 5.75 Å². The Morgan fingerprint density at radius 1 is 1.20 bits per heavy atom. The number of benzene rings is 2. The number of carbonyl (C=O) groups is 1. The van der Waals surface area contributed by atoms with Gasteiger partial charge in [0.15, 0.2) is 0 Å². The third kappa shape index (κ3) is 1.90. The van der Waals surface area contributed by atoms with E-state index in [2.05, 4.69) is 0 Å². The predicted molar refractivity (Wildman–Crippen MR) is 79.0 cm³/mol. The lowest BCUT2D eigenvalue weighted by Crippen LogP contribution is -2.24. The van der Waals surface area contributed by atoms with Crippen molar-refractivity contribution in [3.05, 3.63) is 53.6 Å². The molecule has 0 atom stereocenters. The lowest BCUT2D eigenvalue weighted by Gasteiger charge is -2.19. The number of rotatable bonds is 3. The van der Waals surface area contributed by atoms with E-state index in [0.29, 0.717) is 24.4 Å². The van der Waals surface area contributed by atoms with Crippen molar-refractivity contribution in [3.63, 3.8) is 0 Å². The van der Waals surface area contributed by atoms with Crippen molar-refractivity contribution < 1.29 is 9.53 Å². The van der Waals surface area contributed by atoms with Crippen molar-refractivity contribution in [2.45, 2.75) is 13.5 Å². The van der Waals surface area contributed by atoms with Crippen LogP contribution in [-0.2, 0) is 6.54 Å². The van der Waals surface area contributed by atoms with Gasteiger partial charge in [0, 0.05) is 5.69 Å². The molecule has 0 aromatic heterocycles. The first-order valence-electron chi connectivity index (χ1n) is 6.63. The minimum Gasteiger partial charge on any atom is -0.492 e. The highest BCUT2D eigenvalue weighted by molar-refractivity contribution is 6.13. The van der Waals surface area contributed by atoms with Gasteiger partial charge in [0.2, 0.25) is 0 Å². The predicted octanol–water partition coefficient (Wildman–Crippen LogP) is 2.83. The minimum atomic E-state index is -0.0646. The summed E-state index contributed by atoms with van der Waals surface area (Å²) >= 11 is 0. The van der Waals surface area contributed by atoms with E-state index in [-0.39, 0.29) is 5.91 Å². The Bertz CT molecular complexity index is 667. The molecule has 4 nitrogen and oxygen atoms in total. The molecular formula is C16H16N2O2. The Balaban J connectivity index is 2.03. The number of nitrogens with zero attached hydrogens (tertiary/aromatic N) is 1. The third-order valence-electron chi connectivity index (χ3n) is 3.43. The molecule has 3 rings (SSSR count). The molecule has 0 fully saturated rings. The van der Waals surface area contributed by atoms with Gasteiger partial charge in [0.25, 0.3) is 5.91 Å². The summed E-state index contributed by atoms with van der Waals surface area (Å²) < 4.78 is 5.60. The summed E-state index contributed by atoms with van der Waals surface area (Å²) in [6.07, 6.45) is 0. The molecule has 4 heteroatoms. The van der Waals surface area contributed by atoms with Crippen LogP contribution in [0.3, 0.4) is 0 Å². The average molecular weight is 268 g/mol. The molecule has 0 aliphatic carbocycles. The number of nitrogen functional groups attached to an aromatic ring is 1. The summed E-state index contributed by atoms with van der Waals surface area (Å²) in [6, 6.07) is 13.1. The Hall–Kier alpha value is -2.49. The van der Waals surface area contributed by atoms with E-state index in [1.807, 2.05) is 43.3 Å². The van der Waals surface area contributed by atoms with Crippen LogP contribution in [0.4, 0.5) is 11.4 Å². The number of ether oxygens (including phenoxy) is 1. The Morgan fingerprint density at radius 2 is 2.00 bits per heavy atom. The molecule has 1 heterocycles. The number of amides is 1. The second-order valence-corrected chi connectivity index (χ2v) is 4.67. The number of hydrogen-bond donors (Lipinski definition) is 1. The lowest BCUT2D eigenvalue weighted by atomic mass is 10.1. The van der Waals surface area contributed by atoms with E-state index in [9.17, 15) is 4.79 Å². The van der Waals surface area contributed by atoms with E-state index >= 15 is 0 Å². The topological polar surface area (TPSA) is 55.6 Å². The maximum Gasteiger partial charge on any atom is 0.261 e. The van der Waals surface area contributed by atoms with Gasteiger partial charge >= 0.3 is 0 Å². The second kappa shape index (κ2) is 4.89. The highest BCUT2D eigenvalue weighted by atomic mass is 16.5. The summed E-state index contributed by atoms with van der Waals surface area (Å²) in [4.78, 5) is 14.3. The zero-order valence-corrected chi connectivity index (χ0v) is 11.3. The monoisotopic (exact) mass is 268 g/mol. The highest BCUT2D eigenvalue weighted by Crippen LogP contribution is 2.36. The number of fused-ring (bicyclic) bond motifs is 1. The first-order valence-corrected chi connectivity index (χ1v) is 6.63. The van der Waals surface area contributed by atoms with Crippen LogP contribution in [0, 0.1) is 0 Å². The molecule has 0 radical (unpaired) electrons. The van der Waals surface area contributed by atoms with Crippen molar-refractivity contribution in [2.75, 3.05) is 17.2 Å². The molecule has 0 spiro atoms. The Labute approximate surface area is 117 Å². The van der Waals surface area contributed by atoms with Crippen LogP contribution < -0.4 is 15.4 Å². The van der Waals surface area contributed by atoms with Crippen molar-refractivity contribution in [1.82, 2.24) is 0 Å². The second-order valence-electron chi connectivity index (χ2n) is 4.67. The number of para-hydroxylation sites is 2. The lowest BCUT2D eigenvalue weighted by molar-refractivity contribution is 0.0996. The van der Waals surface area contributed by atoms with Crippen LogP contribution in [-0.4, -0.2) is 12.5 Å². The van der Waals surface area contributed by atoms with Gasteiger partial charge in [-0.3, -0.25) is 4.79 Å². The zero-order valence-electron chi connectivity index (χ0n) is 11.3. The molecule has 102 valence electrons. The van der Waals surface area contributed by atoms with E-state index in [1.165, 1.54) is 0 Å². The summed E-state index contributed by atoms with van der Waals surface area (Å²) in [5, 5.41) is 0. The molecule has 2 aromatic carbocycles. The smallest absolute Gasteiger partial charge is 0.261 e.